The van der Waals surface area contributed by atoms with Gasteiger partial charge in [0, 0.05) is 36.8 Å². The minimum Gasteiger partial charge on any atom is -0.362 e. The fourth-order valence-electron chi connectivity index (χ4n) is 3.74. The number of nitrogens with zero attached hydrogens (tertiary/aromatic N) is 3. The molecule has 0 saturated carbocycles. The van der Waals surface area contributed by atoms with Crippen molar-refractivity contribution in [3.63, 3.8) is 0 Å². The molecule has 8 heteroatoms. The molecule has 1 amide bonds. The van der Waals surface area contributed by atoms with Gasteiger partial charge in [-0.1, -0.05) is 36.4 Å². The summed E-state index contributed by atoms with van der Waals surface area (Å²) in [6, 6.07) is 22.2. The fraction of sp³-hybridized carbons (Fsp3) is 0.160. The standard InChI is InChI=1S/C25H22N4O3S/c1-29-16-6-11-24(29)28-33(31,32)20-14-12-19(13-15-20)27-25(30)23-10-5-4-9-22(23)21-8-3-2-7-18(21)17-26/h2-5,7-10,12-15H,6,11,16H2,1H3,(H,27,30)/b28-24+. The van der Waals surface area contributed by atoms with Crippen LogP contribution in [0, 0.1) is 11.3 Å². The van der Waals surface area contributed by atoms with Crippen LogP contribution >= 0.6 is 0 Å². The number of hydrogen-bond donors (Lipinski definition) is 1. The number of amidine groups is 1. The number of sulfonamides is 1. The van der Waals surface area contributed by atoms with Gasteiger partial charge in [-0.25, -0.2) is 0 Å². The highest BCUT2D eigenvalue weighted by atomic mass is 32.2. The van der Waals surface area contributed by atoms with Crippen molar-refractivity contribution in [1.82, 2.24) is 4.90 Å². The van der Waals surface area contributed by atoms with Gasteiger partial charge in [-0.15, -0.1) is 4.40 Å². The second-order valence-corrected chi connectivity index (χ2v) is 9.29. The van der Waals surface area contributed by atoms with E-state index >= 15 is 0 Å². The van der Waals surface area contributed by atoms with E-state index in [9.17, 15) is 18.5 Å². The third-order valence-electron chi connectivity index (χ3n) is 5.48. The van der Waals surface area contributed by atoms with E-state index in [1.807, 2.05) is 24.1 Å². The van der Waals surface area contributed by atoms with Gasteiger partial charge in [-0.3, -0.25) is 4.79 Å². The Balaban J connectivity index is 1.57. The number of rotatable bonds is 5. The molecule has 0 aromatic heterocycles. The minimum absolute atomic E-state index is 0.0663. The summed E-state index contributed by atoms with van der Waals surface area (Å²) in [6.07, 6.45) is 1.52. The highest BCUT2D eigenvalue weighted by molar-refractivity contribution is 7.90. The molecular weight excluding hydrogens is 436 g/mol. The van der Waals surface area contributed by atoms with Crippen molar-refractivity contribution in [1.29, 1.82) is 5.26 Å². The number of amides is 1. The third kappa shape index (κ3) is 4.78. The minimum atomic E-state index is -3.82. The van der Waals surface area contributed by atoms with Crippen molar-refractivity contribution >= 4 is 27.5 Å². The van der Waals surface area contributed by atoms with E-state index in [1.54, 1.807) is 36.4 Å². The number of nitrogens with one attached hydrogen (secondary N) is 1. The first-order valence-corrected chi connectivity index (χ1v) is 11.9. The van der Waals surface area contributed by atoms with Gasteiger partial charge >= 0.3 is 0 Å². The topological polar surface area (TPSA) is 103 Å². The zero-order valence-electron chi connectivity index (χ0n) is 18.0. The molecule has 1 aliphatic rings. The Morgan fingerprint density at radius 1 is 1.00 bits per heavy atom. The molecule has 0 radical (unpaired) electrons. The number of hydrogen-bond acceptors (Lipinski definition) is 4. The summed E-state index contributed by atoms with van der Waals surface area (Å²) in [4.78, 5) is 14.9. The van der Waals surface area contributed by atoms with Crippen LogP contribution in [0.25, 0.3) is 11.1 Å². The van der Waals surface area contributed by atoms with Crippen LogP contribution in [-0.2, 0) is 10.0 Å². The highest BCUT2D eigenvalue weighted by Crippen LogP contribution is 2.28. The molecule has 3 aromatic carbocycles. The van der Waals surface area contributed by atoms with E-state index in [0.717, 1.165) is 13.0 Å². The molecule has 4 rings (SSSR count). The molecule has 1 heterocycles. The SMILES string of the molecule is CN1CCC/C1=N\S(=O)(=O)c1ccc(NC(=O)c2ccccc2-c2ccccc2C#N)cc1. The Morgan fingerprint density at radius 3 is 2.33 bits per heavy atom. The van der Waals surface area contributed by atoms with Crippen molar-refractivity contribution in [3.8, 4) is 17.2 Å². The number of benzene rings is 3. The molecule has 1 aliphatic heterocycles. The molecule has 1 saturated heterocycles. The van der Waals surface area contributed by atoms with E-state index in [2.05, 4.69) is 15.8 Å². The van der Waals surface area contributed by atoms with Gasteiger partial charge in [0.1, 0.15) is 5.84 Å². The Labute approximate surface area is 193 Å². The van der Waals surface area contributed by atoms with Gasteiger partial charge < -0.3 is 10.2 Å². The molecule has 0 atom stereocenters. The van der Waals surface area contributed by atoms with E-state index in [1.165, 1.54) is 24.3 Å². The van der Waals surface area contributed by atoms with Crippen molar-refractivity contribution < 1.29 is 13.2 Å². The van der Waals surface area contributed by atoms with E-state index in [4.69, 9.17) is 0 Å². The predicted molar refractivity (Wildman–Crippen MR) is 127 cm³/mol. The second kappa shape index (κ2) is 9.27. The lowest BCUT2D eigenvalue weighted by molar-refractivity contribution is 0.102. The van der Waals surface area contributed by atoms with E-state index in [0.29, 0.717) is 40.2 Å². The first kappa shape index (κ1) is 22.2. The monoisotopic (exact) mass is 458 g/mol. The Bertz CT molecular complexity index is 1370. The summed E-state index contributed by atoms with van der Waals surface area (Å²) in [5.41, 5.74) is 2.65. The Morgan fingerprint density at radius 2 is 1.67 bits per heavy atom. The van der Waals surface area contributed by atoms with E-state index < -0.39 is 10.0 Å². The fourth-order valence-corrected chi connectivity index (χ4v) is 4.83. The number of carbonyl (C=O) groups excluding carboxylic acids is 1. The first-order valence-electron chi connectivity index (χ1n) is 10.4. The van der Waals surface area contributed by atoms with Gasteiger partial charge in [0.15, 0.2) is 0 Å². The molecule has 33 heavy (non-hydrogen) atoms. The van der Waals surface area contributed by atoms with Gasteiger partial charge in [-0.05, 0) is 48.4 Å². The van der Waals surface area contributed by atoms with Gasteiger partial charge in [0.2, 0.25) is 0 Å². The van der Waals surface area contributed by atoms with Crippen LogP contribution in [-0.4, -0.2) is 38.7 Å². The van der Waals surface area contributed by atoms with Crippen LogP contribution in [0.4, 0.5) is 5.69 Å². The normalized spacial score (nSPS) is 14.8. The lowest BCUT2D eigenvalue weighted by Gasteiger charge is -2.12. The summed E-state index contributed by atoms with van der Waals surface area (Å²) in [6.45, 7) is 0.791. The summed E-state index contributed by atoms with van der Waals surface area (Å²) >= 11 is 0. The molecule has 0 spiro atoms. The van der Waals surface area contributed by atoms with Crippen molar-refractivity contribution in [3.05, 3.63) is 83.9 Å². The van der Waals surface area contributed by atoms with E-state index in [-0.39, 0.29) is 10.8 Å². The molecule has 166 valence electrons. The third-order valence-corrected chi connectivity index (χ3v) is 6.80. The summed E-state index contributed by atoms with van der Waals surface area (Å²) < 4.78 is 29.2. The van der Waals surface area contributed by atoms with Crippen LogP contribution in [0.1, 0.15) is 28.8 Å². The maximum atomic E-state index is 13.0. The highest BCUT2D eigenvalue weighted by Gasteiger charge is 2.20. The molecule has 0 aliphatic carbocycles. The average molecular weight is 459 g/mol. The maximum absolute atomic E-state index is 13.0. The van der Waals surface area contributed by atoms with Crippen molar-refractivity contribution in [2.24, 2.45) is 4.40 Å². The number of likely N-dealkylation sites (tertiary alicyclic amines) is 1. The molecule has 1 fully saturated rings. The second-order valence-electron chi connectivity index (χ2n) is 7.69. The van der Waals surface area contributed by atoms with Crippen molar-refractivity contribution in [2.75, 3.05) is 18.9 Å². The molecule has 0 bridgehead atoms. The number of nitriles is 1. The molecule has 7 nitrogen and oxygen atoms in total. The zero-order valence-corrected chi connectivity index (χ0v) is 18.8. The Hall–Kier alpha value is -3.96. The quantitative estimate of drug-likeness (QED) is 0.614. The lowest BCUT2D eigenvalue weighted by Crippen LogP contribution is -2.20. The molecule has 0 unspecified atom stereocenters. The Kier molecular flexibility index (Phi) is 6.24. The number of anilines is 1. The summed E-state index contributed by atoms with van der Waals surface area (Å²) in [5.74, 6) is 0.198. The zero-order chi connectivity index (χ0) is 23.4. The van der Waals surface area contributed by atoms with Gasteiger partial charge in [-0.2, -0.15) is 13.7 Å². The van der Waals surface area contributed by atoms with Gasteiger partial charge in [0.25, 0.3) is 15.9 Å². The largest absolute Gasteiger partial charge is 0.362 e. The predicted octanol–water partition coefficient (Wildman–Crippen LogP) is 4.29. The number of carbonyl (C=O) groups is 1. The maximum Gasteiger partial charge on any atom is 0.283 e. The van der Waals surface area contributed by atoms with Crippen LogP contribution < -0.4 is 5.32 Å². The van der Waals surface area contributed by atoms with Gasteiger partial charge in [0.05, 0.1) is 16.5 Å². The molecule has 3 aromatic rings. The first-order chi connectivity index (χ1) is 15.9. The van der Waals surface area contributed by atoms with Crippen LogP contribution in [0.2, 0.25) is 0 Å². The summed E-state index contributed by atoms with van der Waals surface area (Å²) in [5, 5.41) is 12.2. The van der Waals surface area contributed by atoms with Crippen LogP contribution in [0.3, 0.4) is 0 Å². The summed E-state index contributed by atoms with van der Waals surface area (Å²) in [7, 11) is -2.00. The van der Waals surface area contributed by atoms with Crippen LogP contribution in [0.5, 0.6) is 0 Å². The lowest BCUT2D eigenvalue weighted by atomic mass is 9.95. The molecular formula is C25H22N4O3S. The van der Waals surface area contributed by atoms with Crippen molar-refractivity contribution in [2.45, 2.75) is 17.7 Å². The van der Waals surface area contributed by atoms with Crippen LogP contribution in [0.15, 0.2) is 82.1 Å². The molecule has 1 N–H and O–H groups in total. The smallest absolute Gasteiger partial charge is 0.283 e. The average Bonchev–Trinajstić information content (AvgIpc) is 3.23.